The minimum atomic E-state index is -3.72. The monoisotopic (exact) mass is 520 g/mol. The lowest BCUT2D eigenvalue weighted by Crippen LogP contribution is -2.33. The van der Waals surface area contributed by atoms with Gasteiger partial charge in [0.25, 0.3) is 0 Å². The summed E-state index contributed by atoms with van der Waals surface area (Å²) < 4.78 is 41.4. The van der Waals surface area contributed by atoms with Crippen LogP contribution >= 0.6 is 0 Å². The van der Waals surface area contributed by atoms with E-state index in [0.717, 1.165) is 45.1 Å². The molecule has 0 fully saturated rings. The normalized spacial score (nSPS) is 15.6. The highest BCUT2D eigenvalue weighted by molar-refractivity contribution is 7.87. The van der Waals surface area contributed by atoms with Crippen LogP contribution < -0.4 is 23.9 Å². The molecule has 0 amide bonds. The zero-order valence-electron chi connectivity index (χ0n) is 22.0. The number of methoxy groups -OCH3 is 2. The van der Waals surface area contributed by atoms with Crippen LogP contribution in [0.2, 0.25) is 0 Å². The summed E-state index contributed by atoms with van der Waals surface area (Å²) in [6, 6.07) is 17.4. The third-order valence-corrected chi connectivity index (χ3v) is 8.34. The zero-order valence-corrected chi connectivity index (χ0v) is 22.8. The van der Waals surface area contributed by atoms with Crippen LogP contribution in [0.3, 0.4) is 0 Å². The van der Waals surface area contributed by atoms with Gasteiger partial charge in [-0.1, -0.05) is 18.2 Å². The number of para-hydroxylation sites is 2. The first-order chi connectivity index (χ1) is 17.5. The third kappa shape index (κ3) is 4.39. The molecule has 0 bridgehead atoms. The molecule has 0 saturated carbocycles. The SMILES string of the molecule is COc1cc(OS(=O)(=O)C(C)C)ccc1-c1ccc2c3c1CN(c1ccccc1OC)C3=CC(C)(C)N2. The molecule has 0 radical (unpaired) electrons. The predicted molar refractivity (Wildman–Crippen MR) is 148 cm³/mol. The molecule has 3 aromatic rings. The first-order valence-corrected chi connectivity index (χ1v) is 13.7. The molecule has 1 N–H and O–H groups in total. The Labute approximate surface area is 218 Å². The molecule has 2 aliphatic heterocycles. The number of hydrogen-bond acceptors (Lipinski definition) is 7. The average Bonchev–Trinajstić information content (AvgIpc) is 3.22. The van der Waals surface area contributed by atoms with Gasteiger partial charge in [-0.2, -0.15) is 8.42 Å². The Morgan fingerprint density at radius 3 is 2.35 bits per heavy atom. The van der Waals surface area contributed by atoms with Gasteiger partial charge in [0.15, 0.2) is 0 Å². The van der Waals surface area contributed by atoms with Crippen LogP contribution in [0.4, 0.5) is 11.4 Å². The van der Waals surface area contributed by atoms with E-state index in [1.54, 1.807) is 40.2 Å². The Balaban J connectivity index is 1.64. The zero-order chi connectivity index (χ0) is 26.5. The quantitative estimate of drug-likeness (QED) is 0.380. The lowest BCUT2D eigenvalue weighted by molar-refractivity contribution is 0.413. The van der Waals surface area contributed by atoms with Crippen molar-refractivity contribution < 1.29 is 22.1 Å². The maximum atomic E-state index is 12.3. The van der Waals surface area contributed by atoms with E-state index in [-0.39, 0.29) is 11.3 Å². The van der Waals surface area contributed by atoms with E-state index >= 15 is 0 Å². The number of rotatable bonds is 7. The van der Waals surface area contributed by atoms with Gasteiger partial charge >= 0.3 is 10.1 Å². The first kappa shape index (κ1) is 25.0. The van der Waals surface area contributed by atoms with Crippen LogP contribution in [-0.4, -0.2) is 33.4 Å². The fraction of sp³-hybridized carbons (Fsp3) is 0.310. The summed E-state index contributed by atoms with van der Waals surface area (Å²) in [6.45, 7) is 8.13. The fourth-order valence-corrected chi connectivity index (χ4v) is 5.52. The largest absolute Gasteiger partial charge is 0.496 e. The van der Waals surface area contributed by atoms with Gasteiger partial charge < -0.3 is 23.9 Å². The molecule has 0 atom stereocenters. The molecule has 0 aromatic heterocycles. The molecule has 7 nitrogen and oxygen atoms in total. The van der Waals surface area contributed by atoms with Crippen molar-refractivity contribution in [2.24, 2.45) is 0 Å². The minimum absolute atomic E-state index is 0.225. The van der Waals surface area contributed by atoms with Crippen LogP contribution in [-0.2, 0) is 16.7 Å². The molecule has 0 aliphatic carbocycles. The van der Waals surface area contributed by atoms with Crippen molar-refractivity contribution in [2.75, 3.05) is 24.4 Å². The van der Waals surface area contributed by atoms with Gasteiger partial charge in [-0.25, -0.2) is 0 Å². The summed E-state index contributed by atoms with van der Waals surface area (Å²) in [6.07, 6.45) is 2.26. The summed E-state index contributed by atoms with van der Waals surface area (Å²) in [7, 11) is -0.452. The highest BCUT2D eigenvalue weighted by Gasteiger charge is 2.37. The van der Waals surface area contributed by atoms with Gasteiger partial charge in [0.2, 0.25) is 0 Å². The number of benzene rings is 3. The second kappa shape index (κ2) is 9.03. The van der Waals surface area contributed by atoms with E-state index in [4.69, 9.17) is 13.7 Å². The fourth-order valence-electron chi connectivity index (χ4n) is 4.96. The van der Waals surface area contributed by atoms with Crippen molar-refractivity contribution in [1.82, 2.24) is 0 Å². The standard InChI is InChI=1S/C29H32N2O5S/c1-18(2)37(32,33)36-19-11-12-21(27(15-19)35-6)20-13-14-23-28-22(20)17-31(25(28)16-29(3,4)30-23)24-9-7-8-10-26(24)34-5/h7-16,18,30H,17H2,1-6H3. The minimum Gasteiger partial charge on any atom is -0.496 e. The Morgan fingerprint density at radius 2 is 1.65 bits per heavy atom. The molecule has 0 saturated heterocycles. The molecule has 37 heavy (non-hydrogen) atoms. The van der Waals surface area contributed by atoms with Crippen molar-refractivity contribution in [2.45, 2.75) is 45.0 Å². The summed E-state index contributed by atoms with van der Waals surface area (Å²) in [5.41, 5.74) is 7.13. The Bertz CT molecular complexity index is 1510. The van der Waals surface area contributed by atoms with E-state index < -0.39 is 15.4 Å². The van der Waals surface area contributed by atoms with Crippen molar-refractivity contribution in [3.8, 4) is 28.4 Å². The lowest BCUT2D eigenvalue weighted by atomic mass is 9.89. The van der Waals surface area contributed by atoms with Crippen molar-refractivity contribution in [3.63, 3.8) is 0 Å². The maximum absolute atomic E-state index is 12.3. The highest BCUT2D eigenvalue weighted by atomic mass is 32.2. The first-order valence-electron chi connectivity index (χ1n) is 12.2. The van der Waals surface area contributed by atoms with Gasteiger partial charge in [-0.05, 0) is 75.2 Å². The van der Waals surface area contributed by atoms with Gasteiger partial charge in [0.05, 0.1) is 30.7 Å². The van der Waals surface area contributed by atoms with Crippen LogP contribution in [0.15, 0.2) is 60.7 Å². The van der Waals surface area contributed by atoms with E-state index in [9.17, 15) is 8.42 Å². The number of ether oxygens (including phenoxy) is 2. The molecule has 2 aliphatic rings. The van der Waals surface area contributed by atoms with Gasteiger partial charge in [-0.3, -0.25) is 0 Å². The molecular weight excluding hydrogens is 488 g/mol. The summed E-state index contributed by atoms with van der Waals surface area (Å²) in [5.74, 6) is 1.57. The molecule has 5 rings (SSSR count). The Hall–Kier alpha value is -3.65. The molecular formula is C29H32N2O5S. The maximum Gasteiger partial charge on any atom is 0.311 e. The molecule has 0 unspecified atom stereocenters. The number of nitrogens with zero attached hydrogens (tertiary/aromatic N) is 1. The third-order valence-electron chi connectivity index (χ3n) is 6.76. The van der Waals surface area contributed by atoms with Gasteiger partial charge in [0, 0.05) is 35.1 Å². The topological polar surface area (TPSA) is 77.1 Å². The number of nitrogens with one attached hydrogen (secondary N) is 1. The molecule has 0 spiro atoms. The second-order valence-corrected chi connectivity index (χ2v) is 12.2. The van der Waals surface area contributed by atoms with E-state index in [1.165, 1.54) is 0 Å². The van der Waals surface area contributed by atoms with Crippen molar-refractivity contribution >= 4 is 27.2 Å². The second-order valence-electron chi connectivity index (χ2n) is 10.1. The lowest BCUT2D eigenvalue weighted by Gasteiger charge is -2.33. The summed E-state index contributed by atoms with van der Waals surface area (Å²) in [5, 5.41) is 3.00. The number of anilines is 2. The average molecular weight is 521 g/mol. The van der Waals surface area contributed by atoms with Gasteiger partial charge in [-0.15, -0.1) is 0 Å². The van der Waals surface area contributed by atoms with Crippen molar-refractivity contribution in [3.05, 3.63) is 71.8 Å². The summed E-state index contributed by atoms with van der Waals surface area (Å²) in [4.78, 5) is 2.29. The molecule has 194 valence electrons. The van der Waals surface area contributed by atoms with E-state index in [2.05, 4.69) is 48.3 Å². The Kier molecular flexibility index (Phi) is 6.10. The van der Waals surface area contributed by atoms with Crippen LogP contribution in [0.5, 0.6) is 17.2 Å². The predicted octanol–water partition coefficient (Wildman–Crippen LogP) is 6.05. The van der Waals surface area contributed by atoms with Crippen LogP contribution in [0.25, 0.3) is 16.8 Å². The highest BCUT2D eigenvalue weighted by Crippen LogP contribution is 2.51. The smallest absolute Gasteiger partial charge is 0.311 e. The summed E-state index contributed by atoms with van der Waals surface area (Å²) >= 11 is 0. The number of hydrogen-bond donors (Lipinski definition) is 1. The van der Waals surface area contributed by atoms with Crippen LogP contribution in [0, 0.1) is 0 Å². The molecule has 2 heterocycles. The molecule has 3 aromatic carbocycles. The Morgan fingerprint density at radius 1 is 0.946 bits per heavy atom. The van der Waals surface area contributed by atoms with E-state index in [0.29, 0.717) is 12.3 Å². The van der Waals surface area contributed by atoms with Crippen molar-refractivity contribution in [1.29, 1.82) is 0 Å². The van der Waals surface area contributed by atoms with Gasteiger partial charge in [0.1, 0.15) is 17.2 Å². The van der Waals surface area contributed by atoms with E-state index in [1.807, 2.05) is 24.3 Å². The van der Waals surface area contributed by atoms with Crippen LogP contribution in [0.1, 0.15) is 38.8 Å². The molecule has 8 heteroatoms.